The van der Waals surface area contributed by atoms with E-state index in [1.165, 1.54) is 18.2 Å². The van der Waals surface area contributed by atoms with E-state index in [4.69, 9.17) is 4.42 Å². The largest absolute Gasteiger partial charge is 0.418 e. The number of benzene rings is 3. The smallest absolute Gasteiger partial charge is 0.255 e. The number of aromatic nitrogens is 2. The molecule has 0 spiro atoms. The fraction of sp³-hybridized carbons (Fsp3) is 0.0455. The topological polar surface area (TPSA) is 68.0 Å². The standard InChI is InChI=1S/C22H16FN3O2/c23-18-14-8-7-13-17(18)20(27)24-19(15-9-3-1-4-10-15)22-26-25-21(28-22)16-11-5-2-6-12-16/h1-14,19H,(H,24,27). The summed E-state index contributed by atoms with van der Waals surface area (Å²) in [5, 5.41) is 11.0. The Kier molecular flexibility index (Phi) is 4.93. The summed E-state index contributed by atoms with van der Waals surface area (Å²) < 4.78 is 19.8. The van der Waals surface area contributed by atoms with Crippen LogP contribution >= 0.6 is 0 Å². The van der Waals surface area contributed by atoms with Gasteiger partial charge >= 0.3 is 0 Å². The van der Waals surface area contributed by atoms with Gasteiger partial charge in [-0.05, 0) is 29.8 Å². The fourth-order valence-electron chi connectivity index (χ4n) is 2.84. The molecule has 0 aliphatic rings. The van der Waals surface area contributed by atoms with E-state index in [9.17, 15) is 9.18 Å². The Hall–Kier alpha value is -3.80. The van der Waals surface area contributed by atoms with Gasteiger partial charge in [0, 0.05) is 5.56 Å². The Morgan fingerprint density at radius 3 is 2.21 bits per heavy atom. The first kappa shape index (κ1) is 17.6. The maximum Gasteiger partial charge on any atom is 0.255 e. The van der Waals surface area contributed by atoms with Crippen LogP contribution in [0.15, 0.2) is 89.3 Å². The van der Waals surface area contributed by atoms with Crippen molar-refractivity contribution in [2.24, 2.45) is 0 Å². The molecule has 1 unspecified atom stereocenters. The zero-order valence-electron chi connectivity index (χ0n) is 14.7. The number of carbonyl (C=O) groups is 1. The molecule has 0 aliphatic carbocycles. The number of hydrogen-bond acceptors (Lipinski definition) is 4. The molecular formula is C22H16FN3O2. The SMILES string of the molecule is O=C(NC(c1ccccc1)c1nnc(-c2ccccc2)o1)c1ccccc1F. The number of nitrogens with one attached hydrogen (secondary N) is 1. The lowest BCUT2D eigenvalue weighted by Crippen LogP contribution is -2.30. The lowest BCUT2D eigenvalue weighted by Gasteiger charge is -2.16. The molecule has 1 amide bonds. The predicted octanol–water partition coefficient (Wildman–Crippen LogP) is 4.40. The van der Waals surface area contributed by atoms with E-state index in [1.807, 2.05) is 60.7 Å². The Morgan fingerprint density at radius 1 is 0.857 bits per heavy atom. The molecule has 0 aliphatic heterocycles. The molecule has 0 saturated carbocycles. The van der Waals surface area contributed by atoms with Gasteiger partial charge in [-0.3, -0.25) is 4.79 Å². The van der Waals surface area contributed by atoms with Crippen molar-refractivity contribution >= 4 is 5.91 Å². The summed E-state index contributed by atoms with van der Waals surface area (Å²) in [4.78, 5) is 12.7. The number of rotatable bonds is 5. The quantitative estimate of drug-likeness (QED) is 0.563. The Balaban J connectivity index is 1.68. The average molecular weight is 373 g/mol. The molecule has 0 bridgehead atoms. The minimum atomic E-state index is -0.710. The highest BCUT2D eigenvalue weighted by atomic mass is 19.1. The molecule has 4 rings (SSSR count). The second-order valence-corrected chi connectivity index (χ2v) is 6.11. The van der Waals surface area contributed by atoms with Crippen molar-refractivity contribution in [3.8, 4) is 11.5 Å². The van der Waals surface area contributed by atoms with Crippen LogP contribution in [0, 0.1) is 5.82 Å². The molecule has 4 aromatic rings. The minimum Gasteiger partial charge on any atom is -0.418 e. The van der Waals surface area contributed by atoms with Gasteiger partial charge in [-0.25, -0.2) is 4.39 Å². The second-order valence-electron chi connectivity index (χ2n) is 6.11. The molecule has 138 valence electrons. The zero-order valence-corrected chi connectivity index (χ0v) is 14.7. The monoisotopic (exact) mass is 373 g/mol. The fourth-order valence-corrected chi connectivity index (χ4v) is 2.84. The third kappa shape index (κ3) is 3.66. The van der Waals surface area contributed by atoms with Crippen LogP contribution < -0.4 is 5.32 Å². The van der Waals surface area contributed by atoms with Crippen LogP contribution in [0.25, 0.3) is 11.5 Å². The maximum absolute atomic E-state index is 14.0. The Labute approximate surface area is 160 Å². The third-order valence-electron chi connectivity index (χ3n) is 4.24. The second kappa shape index (κ2) is 7.84. The average Bonchev–Trinajstić information content (AvgIpc) is 3.23. The first-order valence-corrected chi connectivity index (χ1v) is 8.71. The van der Waals surface area contributed by atoms with E-state index >= 15 is 0 Å². The normalized spacial score (nSPS) is 11.8. The number of carbonyl (C=O) groups excluding carboxylic acids is 1. The molecular weight excluding hydrogens is 357 g/mol. The highest BCUT2D eigenvalue weighted by Crippen LogP contribution is 2.25. The number of halogens is 1. The predicted molar refractivity (Wildman–Crippen MR) is 102 cm³/mol. The van der Waals surface area contributed by atoms with Crippen LogP contribution in [-0.4, -0.2) is 16.1 Å². The van der Waals surface area contributed by atoms with Gasteiger partial charge in [0.05, 0.1) is 5.56 Å². The summed E-state index contributed by atoms with van der Waals surface area (Å²) in [6, 6.07) is 23.6. The van der Waals surface area contributed by atoms with E-state index in [-0.39, 0.29) is 11.5 Å². The van der Waals surface area contributed by atoms with Gasteiger partial charge in [-0.1, -0.05) is 60.7 Å². The van der Waals surface area contributed by atoms with E-state index in [0.717, 1.165) is 11.1 Å². The molecule has 6 heteroatoms. The van der Waals surface area contributed by atoms with Crippen LogP contribution in [0.3, 0.4) is 0 Å². The number of amides is 1. The van der Waals surface area contributed by atoms with Gasteiger partial charge in [-0.2, -0.15) is 0 Å². The summed E-state index contributed by atoms with van der Waals surface area (Å²) in [6.07, 6.45) is 0. The molecule has 0 saturated heterocycles. The van der Waals surface area contributed by atoms with Crippen molar-refractivity contribution in [3.05, 3.63) is 108 Å². The maximum atomic E-state index is 14.0. The van der Waals surface area contributed by atoms with Crippen LogP contribution in [0.1, 0.15) is 27.9 Å². The number of nitrogens with zero attached hydrogens (tertiary/aromatic N) is 2. The molecule has 0 fully saturated rings. The summed E-state index contributed by atoms with van der Waals surface area (Å²) in [6.45, 7) is 0. The van der Waals surface area contributed by atoms with Crippen LogP contribution in [0.4, 0.5) is 4.39 Å². The van der Waals surface area contributed by atoms with Gasteiger partial charge in [0.25, 0.3) is 5.91 Å². The molecule has 3 aromatic carbocycles. The van der Waals surface area contributed by atoms with E-state index in [2.05, 4.69) is 15.5 Å². The van der Waals surface area contributed by atoms with Crippen LogP contribution in [0.5, 0.6) is 0 Å². The van der Waals surface area contributed by atoms with E-state index in [1.54, 1.807) is 6.07 Å². The molecule has 1 heterocycles. The Morgan fingerprint density at radius 2 is 1.50 bits per heavy atom. The highest BCUT2D eigenvalue weighted by molar-refractivity contribution is 5.94. The zero-order chi connectivity index (χ0) is 19.3. The summed E-state index contributed by atoms with van der Waals surface area (Å²) in [7, 11) is 0. The summed E-state index contributed by atoms with van der Waals surface area (Å²) >= 11 is 0. The van der Waals surface area contributed by atoms with Crippen LogP contribution in [0.2, 0.25) is 0 Å². The minimum absolute atomic E-state index is 0.0498. The van der Waals surface area contributed by atoms with Crippen molar-refractivity contribution in [1.82, 2.24) is 15.5 Å². The third-order valence-corrected chi connectivity index (χ3v) is 4.24. The molecule has 5 nitrogen and oxygen atoms in total. The molecule has 28 heavy (non-hydrogen) atoms. The summed E-state index contributed by atoms with van der Waals surface area (Å²) in [5.74, 6) is -0.597. The molecule has 1 N–H and O–H groups in total. The first-order valence-electron chi connectivity index (χ1n) is 8.71. The number of hydrogen-bond donors (Lipinski definition) is 1. The van der Waals surface area contributed by atoms with Gasteiger partial charge in [0.1, 0.15) is 11.9 Å². The van der Waals surface area contributed by atoms with E-state index in [0.29, 0.717) is 5.89 Å². The van der Waals surface area contributed by atoms with Crippen molar-refractivity contribution in [2.45, 2.75) is 6.04 Å². The molecule has 1 aromatic heterocycles. The van der Waals surface area contributed by atoms with Gasteiger partial charge in [-0.15, -0.1) is 10.2 Å². The first-order chi connectivity index (χ1) is 13.7. The Bertz CT molecular complexity index is 1080. The van der Waals surface area contributed by atoms with Crippen molar-refractivity contribution in [1.29, 1.82) is 0 Å². The lowest BCUT2D eigenvalue weighted by atomic mass is 10.1. The van der Waals surface area contributed by atoms with Gasteiger partial charge in [0.15, 0.2) is 0 Å². The lowest BCUT2D eigenvalue weighted by molar-refractivity contribution is 0.0934. The van der Waals surface area contributed by atoms with E-state index < -0.39 is 17.8 Å². The van der Waals surface area contributed by atoms with Crippen molar-refractivity contribution < 1.29 is 13.6 Å². The molecule has 1 atom stereocenters. The summed E-state index contributed by atoms with van der Waals surface area (Å²) in [5.41, 5.74) is 1.47. The van der Waals surface area contributed by atoms with Gasteiger partial charge < -0.3 is 9.73 Å². The highest BCUT2D eigenvalue weighted by Gasteiger charge is 2.24. The van der Waals surface area contributed by atoms with Crippen LogP contribution in [-0.2, 0) is 0 Å². The van der Waals surface area contributed by atoms with Gasteiger partial charge in [0.2, 0.25) is 11.8 Å². The van der Waals surface area contributed by atoms with Crippen molar-refractivity contribution in [3.63, 3.8) is 0 Å². The van der Waals surface area contributed by atoms with Crippen molar-refractivity contribution in [2.75, 3.05) is 0 Å². The molecule has 0 radical (unpaired) electrons.